The first-order valence-corrected chi connectivity index (χ1v) is 9.96. The average molecular weight is 353 g/mol. The van der Waals surface area contributed by atoms with Crippen molar-refractivity contribution in [2.45, 2.75) is 71.4 Å². The Labute approximate surface area is 152 Å². The minimum atomic E-state index is 0.0114. The van der Waals surface area contributed by atoms with E-state index < -0.39 is 0 Å². The second-order valence-corrected chi connectivity index (χ2v) is 8.25. The van der Waals surface area contributed by atoms with Gasteiger partial charge in [0.1, 0.15) is 0 Å². The molecule has 0 aromatic rings. The molecule has 0 aliphatic carbocycles. The molecule has 2 fully saturated rings. The number of nitrogens with two attached hydrogens (primary N) is 1. The van der Waals surface area contributed by atoms with Crippen LogP contribution in [-0.4, -0.2) is 60.0 Å². The number of amides is 3. The molecular formula is C19H36N4O2. The topological polar surface area (TPSA) is 78.7 Å². The van der Waals surface area contributed by atoms with Crippen molar-refractivity contribution in [1.29, 1.82) is 0 Å². The fourth-order valence-corrected chi connectivity index (χ4v) is 4.00. The van der Waals surface area contributed by atoms with Crippen LogP contribution in [0.5, 0.6) is 0 Å². The molecule has 6 heteroatoms. The summed E-state index contributed by atoms with van der Waals surface area (Å²) in [7, 11) is 0. The molecule has 3 unspecified atom stereocenters. The summed E-state index contributed by atoms with van der Waals surface area (Å²) >= 11 is 0. The van der Waals surface area contributed by atoms with Gasteiger partial charge in [0.05, 0.1) is 0 Å². The fourth-order valence-electron chi connectivity index (χ4n) is 4.00. The molecule has 3 amide bonds. The highest BCUT2D eigenvalue weighted by Crippen LogP contribution is 2.24. The average Bonchev–Trinajstić information content (AvgIpc) is 2.59. The lowest BCUT2D eigenvalue weighted by atomic mass is 9.92. The molecule has 2 saturated heterocycles. The molecule has 2 rings (SSSR count). The number of hydrogen-bond donors (Lipinski definition) is 2. The van der Waals surface area contributed by atoms with E-state index in [1.807, 2.05) is 16.7 Å². The number of likely N-dealkylation sites (tertiary alicyclic amines) is 2. The van der Waals surface area contributed by atoms with Crippen LogP contribution in [0.4, 0.5) is 4.79 Å². The van der Waals surface area contributed by atoms with Gasteiger partial charge in [-0.3, -0.25) is 4.79 Å². The van der Waals surface area contributed by atoms with Gasteiger partial charge in [0.25, 0.3) is 0 Å². The fraction of sp³-hybridized carbons (Fsp3) is 0.895. The lowest BCUT2D eigenvalue weighted by Crippen LogP contribution is -2.52. The zero-order valence-electron chi connectivity index (χ0n) is 16.2. The minimum Gasteiger partial charge on any atom is -0.338 e. The van der Waals surface area contributed by atoms with Crippen LogP contribution >= 0.6 is 0 Å². The van der Waals surface area contributed by atoms with E-state index in [0.717, 1.165) is 45.2 Å². The van der Waals surface area contributed by atoms with Gasteiger partial charge in [-0.15, -0.1) is 0 Å². The summed E-state index contributed by atoms with van der Waals surface area (Å²) in [6.45, 7) is 9.18. The van der Waals surface area contributed by atoms with E-state index in [-0.39, 0.29) is 29.9 Å². The van der Waals surface area contributed by atoms with E-state index >= 15 is 0 Å². The van der Waals surface area contributed by atoms with Crippen molar-refractivity contribution >= 4 is 11.9 Å². The number of carbonyl (C=O) groups excluding carboxylic acids is 2. The molecule has 2 heterocycles. The predicted molar refractivity (Wildman–Crippen MR) is 100 cm³/mol. The minimum absolute atomic E-state index is 0.0114. The zero-order valence-corrected chi connectivity index (χ0v) is 16.2. The van der Waals surface area contributed by atoms with Gasteiger partial charge in [-0.2, -0.15) is 0 Å². The number of nitrogens with zero attached hydrogens (tertiary/aromatic N) is 2. The Morgan fingerprint density at radius 1 is 1.12 bits per heavy atom. The highest BCUT2D eigenvalue weighted by molar-refractivity contribution is 5.77. The van der Waals surface area contributed by atoms with E-state index in [2.05, 4.69) is 19.2 Å². The third-order valence-electron chi connectivity index (χ3n) is 5.41. The molecule has 0 aromatic carbocycles. The number of urea groups is 1. The molecule has 0 bridgehead atoms. The molecule has 0 spiro atoms. The monoisotopic (exact) mass is 352 g/mol. The summed E-state index contributed by atoms with van der Waals surface area (Å²) < 4.78 is 0. The van der Waals surface area contributed by atoms with Crippen molar-refractivity contribution < 1.29 is 9.59 Å². The van der Waals surface area contributed by atoms with Crippen LogP contribution in [0.3, 0.4) is 0 Å². The number of hydrogen-bond acceptors (Lipinski definition) is 3. The molecule has 0 saturated carbocycles. The first-order valence-electron chi connectivity index (χ1n) is 9.96. The molecule has 2 aliphatic heterocycles. The summed E-state index contributed by atoms with van der Waals surface area (Å²) in [4.78, 5) is 29.0. The summed E-state index contributed by atoms with van der Waals surface area (Å²) in [5, 5.41) is 2.99. The number of piperidine rings is 2. The van der Waals surface area contributed by atoms with E-state index in [9.17, 15) is 9.59 Å². The van der Waals surface area contributed by atoms with Crippen LogP contribution in [0, 0.1) is 11.8 Å². The first-order chi connectivity index (χ1) is 11.9. The molecular weight excluding hydrogens is 316 g/mol. The van der Waals surface area contributed by atoms with Crippen LogP contribution in [0.15, 0.2) is 0 Å². The Morgan fingerprint density at radius 2 is 1.88 bits per heavy atom. The molecule has 25 heavy (non-hydrogen) atoms. The Balaban J connectivity index is 1.86. The van der Waals surface area contributed by atoms with Gasteiger partial charge in [-0.1, -0.05) is 13.8 Å². The summed E-state index contributed by atoms with van der Waals surface area (Å²) in [6.07, 6.45) is 5.78. The second-order valence-electron chi connectivity index (χ2n) is 8.25. The molecule has 0 radical (unpaired) electrons. The van der Waals surface area contributed by atoms with Crippen molar-refractivity contribution in [3.05, 3.63) is 0 Å². The lowest BCUT2D eigenvalue weighted by Gasteiger charge is -2.40. The van der Waals surface area contributed by atoms with Gasteiger partial charge in [0.2, 0.25) is 5.91 Å². The number of carbonyl (C=O) groups is 2. The largest absolute Gasteiger partial charge is 0.338 e. The van der Waals surface area contributed by atoms with E-state index in [4.69, 9.17) is 5.73 Å². The first kappa shape index (κ1) is 20.0. The molecule has 2 aliphatic rings. The van der Waals surface area contributed by atoms with Crippen molar-refractivity contribution in [2.24, 2.45) is 17.6 Å². The number of nitrogens with one attached hydrogen (secondary N) is 1. The lowest BCUT2D eigenvalue weighted by molar-refractivity contribution is -0.136. The van der Waals surface area contributed by atoms with Crippen LogP contribution in [0.1, 0.15) is 59.3 Å². The predicted octanol–water partition coefficient (Wildman–Crippen LogP) is 2.18. The van der Waals surface area contributed by atoms with Crippen molar-refractivity contribution in [3.63, 3.8) is 0 Å². The standard InChI is InChI=1S/C19H36N4O2/c1-14(2)12-21-19(25)22-9-6-7-16(13-22)11-18(24)23-10-5-4-8-17(23)15(3)20/h14-17H,4-13,20H2,1-3H3,(H,21,25). The van der Waals surface area contributed by atoms with E-state index in [1.54, 1.807) is 0 Å². The van der Waals surface area contributed by atoms with E-state index in [0.29, 0.717) is 25.4 Å². The summed E-state index contributed by atoms with van der Waals surface area (Å²) in [5.74, 6) is 0.929. The maximum Gasteiger partial charge on any atom is 0.317 e. The summed E-state index contributed by atoms with van der Waals surface area (Å²) in [5.41, 5.74) is 6.09. The van der Waals surface area contributed by atoms with Crippen molar-refractivity contribution in [3.8, 4) is 0 Å². The maximum atomic E-state index is 12.8. The third kappa shape index (κ3) is 5.87. The van der Waals surface area contributed by atoms with Gasteiger partial charge >= 0.3 is 6.03 Å². The van der Waals surface area contributed by atoms with E-state index in [1.165, 1.54) is 0 Å². The van der Waals surface area contributed by atoms with Gasteiger partial charge in [-0.25, -0.2) is 4.79 Å². The van der Waals surface area contributed by atoms with Crippen LogP contribution < -0.4 is 11.1 Å². The molecule has 3 atom stereocenters. The highest BCUT2D eigenvalue weighted by atomic mass is 16.2. The smallest absolute Gasteiger partial charge is 0.317 e. The Kier molecular flexibility index (Phi) is 7.54. The van der Waals surface area contributed by atoms with Gasteiger partial charge in [-0.05, 0) is 50.9 Å². The highest BCUT2D eigenvalue weighted by Gasteiger charge is 2.32. The van der Waals surface area contributed by atoms with Crippen LogP contribution in [0.2, 0.25) is 0 Å². The SMILES string of the molecule is CC(C)CNC(=O)N1CCCC(CC(=O)N2CCCCC2C(C)N)C1. The van der Waals surface area contributed by atoms with Crippen LogP contribution in [-0.2, 0) is 4.79 Å². The van der Waals surface area contributed by atoms with Crippen molar-refractivity contribution in [1.82, 2.24) is 15.1 Å². The molecule has 144 valence electrons. The van der Waals surface area contributed by atoms with Crippen LogP contribution in [0.25, 0.3) is 0 Å². The maximum absolute atomic E-state index is 12.8. The van der Waals surface area contributed by atoms with Gasteiger partial charge in [0.15, 0.2) is 0 Å². The Morgan fingerprint density at radius 3 is 2.56 bits per heavy atom. The third-order valence-corrected chi connectivity index (χ3v) is 5.41. The quantitative estimate of drug-likeness (QED) is 0.796. The number of rotatable bonds is 5. The normalized spacial score (nSPS) is 25.8. The van der Waals surface area contributed by atoms with Gasteiger partial charge in [0, 0.05) is 44.7 Å². The zero-order chi connectivity index (χ0) is 18.4. The Bertz CT molecular complexity index is 453. The molecule has 0 aromatic heterocycles. The summed E-state index contributed by atoms with van der Waals surface area (Å²) in [6, 6.07) is 0.210. The second kappa shape index (κ2) is 9.41. The van der Waals surface area contributed by atoms with Crippen molar-refractivity contribution in [2.75, 3.05) is 26.2 Å². The Hall–Kier alpha value is -1.30. The molecule has 3 N–H and O–H groups in total. The molecule has 6 nitrogen and oxygen atoms in total. The van der Waals surface area contributed by atoms with Gasteiger partial charge < -0.3 is 20.9 Å².